The summed E-state index contributed by atoms with van der Waals surface area (Å²) >= 11 is 0. The number of hydrogen-bond donors (Lipinski definition) is 1. The van der Waals surface area contributed by atoms with Gasteiger partial charge in [0.05, 0.1) is 10.4 Å². The van der Waals surface area contributed by atoms with E-state index in [0.717, 1.165) is 16.5 Å². The minimum atomic E-state index is -0.582. The number of benzene rings is 2. The summed E-state index contributed by atoms with van der Waals surface area (Å²) in [6.45, 7) is 1.90. The van der Waals surface area contributed by atoms with Crippen LogP contribution in [0.2, 0.25) is 0 Å². The number of nitrogens with zero attached hydrogens (tertiary/aromatic N) is 2. The molecule has 2 N–H and O–H groups in total. The van der Waals surface area contributed by atoms with E-state index in [1.54, 1.807) is 6.20 Å². The van der Waals surface area contributed by atoms with Crippen LogP contribution in [-0.4, -0.2) is 21.6 Å². The highest BCUT2D eigenvalue weighted by Crippen LogP contribution is 2.24. The van der Waals surface area contributed by atoms with Crippen molar-refractivity contribution in [1.29, 1.82) is 0 Å². The molecule has 1 heterocycles. The normalized spacial score (nSPS) is 12.1. The van der Waals surface area contributed by atoms with Gasteiger partial charge in [0, 0.05) is 29.8 Å². The highest BCUT2D eigenvalue weighted by Gasteiger charge is 2.16. The maximum absolute atomic E-state index is 12.5. The first kappa shape index (κ1) is 16.7. The topological polar surface area (TPSA) is 100 Å². The second-order valence-corrected chi connectivity index (χ2v) is 5.84. The van der Waals surface area contributed by atoms with Gasteiger partial charge in [0.2, 0.25) is 0 Å². The maximum Gasteiger partial charge on any atom is 0.423 e. The molecule has 2 aromatic carbocycles. The Bertz CT molecular complexity index is 929. The fourth-order valence-corrected chi connectivity index (χ4v) is 2.70. The quantitative estimate of drug-likeness (QED) is 0.579. The Morgan fingerprint density at radius 2 is 1.92 bits per heavy atom. The molecule has 25 heavy (non-hydrogen) atoms. The number of nitro benzene ring substituents is 1. The Morgan fingerprint density at radius 3 is 2.56 bits per heavy atom. The summed E-state index contributed by atoms with van der Waals surface area (Å²) in [4.78, 5) is 22.7. The summed E-state index contributed by atoms with van der Waals surface area (Å²) in [5, 5.41) is 11.6. The molecule has 0 amide bonds. The molecule has 1 aromatic heterocycles. The molecule has 0 aliphatic heterocycles. The van der Waals surface area contributed by atoms with E-state index in [9.17, 15) is 14.9 Å². The van der Waals surface area contributed by atoms with Crippen LogP contribution >= 0.6 is 0 Å². The molecular weight excluding hydrogens is 322 g/mol. The number of hydrogen-bond acceptors (Lipinski definition) is 5. The Kier molecular flexibility index (Phi) is 4.49. The number of para-hydroxylation sites is 1. The van der Waals surface area contributed by atoms with Crippen molar-refractivity contribution in [3.05, 3.63) is 70.4 Å². The van der Waals surface area contributed by atoms with E-state index in [0.29, 0.717) is 6.42 Å². The molecule has 3 aromatic rings. The predicted octanol–water partition coefficient (Wildman–Crippen LogP) is 3.49. The Morgan fingerprint density at radius 1 is 1.24 bits per heavy atom. The Hall–Kier alpha value is -3.19. The standard InChI is InChI=1S/C18H17N3O4/c1-12(19)10-13-11-20(17-5-3-2-4-16(13)17)18(22)25-15-8-6-14(7-9-15)21(23)24/h2-9,11-12H,10,19H2,1H3/t12-/m1/s1. The summed E-state index contributed by atoms with van der Waals surface area (Å²) in [5.74, 6) is 0.238. The van der Waals surface area contributed by atoms with E-state index < -0.39 is 11.0 Å². The lowest BCUT2D eigenvalue weighted by Crippen LogP contribution is -2.18. The van der Waals surface area contributed by atoms with Gasteiger partial charge in [-0.25, -0.2) is 4.79 Å². The zero-order valence-electron chi connectivity index (χ0n) is 13.6. The van der Waals surface area contributed by atoms with E-state index in [4.69, 9.17) is 10.5 Å². The summed E-state index contributed by atoms with van der Waals surface area (Å²) in [6, 6.07) is 12.8. The molecule has 0 radical (unpaired) electrons. The smallest absolute Gasteiger partial charge is 0.410 e. The Balaban J connectivity index is 1.90. The zero-order chi connectivity index (χ0) is 18.0. The molecule has 7 nitrogen and oxygen atoms in total. The van der Waals surface area contributed by atoms with Crippen molar-refractivity contribution in [3.8, 4) is 5.75 Å². The van der Waals surface area contributed by atoms with Gasteiger partial charge in [0.1, 0.15) is 5.75 Å². The molecular formula is C18H17N3O4. The SMILES string of the molecule is C[C@@H](N)Cc1cn(C(=O)Oc2ccc([N+](=O)[O-])cc2)c2ccccc12. The first-order valence-electron chi connectivity index (χ1n) is 7.77. The van der Waals surface area contributed by atoms with Crippen molar-refractivity contribution in [1.82, 2.24) is 4.57 Å². The largest absolute Gasteiger partial charge is 0.423 e. The molecule has 0 saturated heterocycles. The van der Waals surface area contributed by atoms with Gasteiger partial charge in [0.15, 0.2) is 0 Å². The molecule has 0 unspecified atom stereocenters. The molecule has 0 fully saturated rings. The van der Waals surface area contributed by atoms with Crippen molar-refractivity contribution < 1.29 is 14.5 Å². The number of carbonyl (C=O) groups is 1. The van der Waals surface area contributed by atoms with Gasteiger partial charge in [-0.05, 0) is 37.1 Å². The summed E-state index contributed by atoms with van der Waals surface area (Å²) in [7, 11) is 0. The number of rotatable bonds is 4. The molecule has 128 valence electrons. The summed E-state index contributed by atoms with van der Waals surface area (Å²) in [5.41, 5.74) is 7.51. The van der Waals surface area contributed by atoms with E-state index in [1.165, 1.54) is 28.8 Å². The zero-order valence-corrected chi connectivity index (χ0v) is 13.6. The van der Waals surface area contributed by atoms with Crippen molar-refractivity contribution in [3.63, 3.8) is 0 Å². The number of aromatic nitrogens is 1. The molecule has 0 aliphatic rings. The van der Waals surface area contributed by atoms with Crippen LogP contribution in [0.5, 0.6) is 5.75 Å². The third-order valence-electron chi connectivity index (χ3n) is 3.79. The highest BCUT2D eigenvalue weighted by atomic mass is 16.6. The number of fused-ring (bicyclic) bond motifs is 1. The van der Waals surface area contributed by atoms with E-state index in [-0.39, 0.29) is 17.5 Å². The highest BCUT2D eigenvalue weighted by molar-refractivity contribution is 5.92. The number of nitrogens with two attached hydrogens (primary N) is 1. The van der Waals surface area contributed by atoms with Crippen LogP contribution < -0.4 is 10.5 Å². The van der Waals surface area contributed by atoms with Crippen LogP contribution in [0.1, 0.15) is 12.5 Å². The molecule has 0 spiro atoms. The van der Waals surface area contributed by atoms with Crippen LogP contribution in [0.4, 0.5) is 10.5 Å². The Labute approximate surface area is 143 Å². The van der Waals surface area contributed by atoms with Gasteiger partial charge in [-0.15, -0.1) is 0 Å². The fraction of sp³-hybridized carbons (Fsp3) is 0.167. The second kappa shape index (κ2) is 6.74. The van der Waals surface area contributed by atoms with Crippen molar-refractivity contribution >= 4 is 22.7 Å². The lowest BCUT2D eigenvalue weighted by atomic mass is 10.1. The van der Waals surface area contributed by atoms with Gasteiger partial charge in [-0.3, -0.25) is 14.7 Å². The third kappa shape index (κ3) is 3.51. The van der Waals surface area contributed by atoms with Crippen molar-refractivity contribution in [2.45, 2.75) is 19.4 Å². The number of ether oxygens (including phenoxy) is 1. The van der Waals surface area contributed by atoms with Gasteiger partial charge in [-0.1, -0.05) is 18.2 Å². The predicted molar refractivity (Wildman–Crippen MR) is 93.8 cm³/mol. The monoisotopic (exact) mass is 339 g/mol. The lowest BCUT2D eigenvalue weighted by Gasteiger charge is -2.05. The molecule has 0 aliphatic carbocycles. The fourth-order valence-electron chi connectivity index (χ4n) is 2.70. The van der Waals surface area contributed by atoms with Crippen LogP contribution in [-0.2, 0) is 6.42 Å². The van der Waals surface area contributed by atoms with Crippen LogP contribution in [0.3, 0.4) is 0 Å². The van der Waals surface area contributed by atoms with Gasteiger partial charge in [0.25, 0.3) is 5.69 Å². The lowest BCUT2D eigenvalue weighted by molar-refractivity contribution is -0.384. The van der Waals surface area contributed by atoms with Crippen LogP contribution in [0.25, 0.3) is 10.9 Å². The number of nitro groups is 1. The van der Waals surface area contributed by atoms with Gasteiger partial charge in [-0.2, -0.15) is 0 Å². The van der Waals surface area contributed by atoms with E-state index in [2.05, 4.69) is 0 Å². The van der Waals surface area contributed by atoms with Gasteiger partial charge < -0.3 is 10.5 Å². The number of non-ortho nitro benzene ring substituents is 1. The van der Waals surface area contributed by atoms with Crippen molar-refractivity contribution in [2.75, 3.05) is 0 Å². The first-order valence-corrected chi connectivity index (χ1v) is 7.77. The maximum atomic E-state index is 12.5. The van der Waals surface area contributed by atoms with Crippen LogP contribution in [0, 0.1) is 10.1 Å². The minimum Gasteiger partial charge on any atom is -0.410 e. The summed E-state index contributed by atoms with van der Waals surface area (Å²) < 4.78 is 6.76. The van der Waals surface area contributed by atoms with E-state index in [1.807, 2.05) is 31.2 Å². The molecule has 0 saturated carbocycles. The van der Waals surface area contributed by atoms with Crippen LogP contribution in [0.15, 0.2) is 54.7 Å². The average molecular weight is 339 g/mol. The molecule has 1 atom stereocenters. The average Bonchev–Trinajstić information content (AvgIpc) is 2.94. The molecule has 3 rings (SSSR count). The first-order chi connectivity index (χ1) is 12.0. The van der Waals surface area contributed by atoms with Crippen molar-refractivity contribution in [2.24, 2.45) is 5.73 Å². The van der Waals surface area contributed by atoms with E-state index >= 15 is 0 Å². The number of carbonyl (C=O) groups excluding carboxylic acids is 1. The molecule has 0 bridgehead atoms. The van der Waals surface area contributed by atoms with Gasteiger partial charge >= 0.3 is 6.09 Å². The summed E-state index contributed by atoms with van der Waals surface area (Å²) in [6.07, 6.45) is 1.78. The minimum absolute atomic E-state index is 0.0371. The molecule has 7 heteroatoms. The second-order valence-electron chi connectivity index (χ2n) is 5.84. The third-order valence-corrected chi connectivity index (χ3v) is 3.79.